The van der Waals surface area contributed by atoms with Crippen LogP contribution in [0.4, 0.5) is 0 Å². The molecule has 23 heavy (non-hydrogen) atoms. The second-order valence-electron chi connectivity index (χ2n) is 7.18. The van der Waals surface area contributed by atoms with Gasteiger partial charge in [0, 0.05) is 37.8 Å². The van der Waals surface area contributed by atoms with E-state index in [1.54, 1.807) is 0 Å². The maximum atomic E-state index is 11.4. The molecule has 1 fully saturated rings. The van der Waals surface area contributed by atoms with E-state index in [0.717, 1.165) is 19.6 Å². The summed E-state index contributed by atoms with van der Waals surface area (Å²) in [5.41, 5.74) is 1.27. The minimum atomic E-state index is -2.90. The van der Waals surface area contributed by atoms with Gasteiger partial charge in [-0.1, -0.05) is 13.0 Å². The minimum Gasteiger partial charge on any atom is -0.306 e. The lowest BCUT2D eigenvalue weighted by atomic mass is 9.94. The number of hydrogen-bond donors (Lipinski definition) is 0. The van der Waals surface area contributed by atoms with E-state index in [4.69, 9.17) is 0 Å². The minimum absolute atomic E-state index is 0.158. The molecule has 2 rings (SSSR count). The van der Waals surface area contributed by atoms with Crippen LogP contribution in [0.5, 0.6) is 0 Å². The normalized spacial score (nSPS) is 24.2. The Kier molecular flexibility index (Phi) is 6.17. The zero-order chi connectivity index (χ0) is 17.0. The van der Waals surface area contributed by atoms with Gasteiger partial charge in [0.1, 0.15) is 9.84 Å². The van der Waals surface area contributed by atoms with E-state index < -0.39 is 9.84 Å². The van der Waals surface area contributed by atoms with E-state index >= 15 is 0 Å². The van der Waals surface area contributed by atoms with Gasteiger partial charge in [0.15, 0.2) is 0 Å². The van der Waals surface area contributed by atoms with Gasteiger partial charge >= 0.3 is 0 Å². The molecule has 1 saturated heterocycles. The fourth-order valence-electron chi connectivity index (χ4n) is 3.87. The van der Waals surface area contributed by atoms with E-state index in [1.165, 1.54) is 18.2 Å². The molecular formula is C17H29N3O2S. The first-order chi connectivity index (χ1) is 10.8. The number of pyridine rings is 1. The van der Waals surface area contributed by atoms with Gasteiger partial charge in [-0.25, -0.2) is 8.42 Å². The third-order valence-corrected chi connectivity index (χ3v) is 5.73. The van der Waals surface area contributed by atoms with Crippen molar-refractivity contribution in [2.75, 3.05) is 45.7 Å². The van der Waals surface area contributed by atoms with Crippen molar-refractivity contribution in [1.29, 1.82) is 0 Å². The summed E-state index contributed by atoms with van der Waals surface area (Å²) < 4.78 is 22.8. The third-order valence-electron chi connectivity index (χ3n) is 4.56. The van der Waals surface area contributed by atoms with Crippen molar-refractivity contribution >= 4 is 9.84 Å². The maximum Gasteiger partial charge on any atom is 0.147 e. The standard InChI is InChI=1S/C17H29N3O2S/c1-14(13-23(4,21)22)11-19(2)12-16-7-9-20(3)17(16)15-6-5-8-18-10-15/h5-6,8,10,14,16-17H,7,9,11-13H2,1-4H3/t14-,16+,17+/m1/s1. The Labute approximate surface area is 140 Å². The van der Waals surface area contributed by atoms with Crippen molar-refractivity contribution in [1.82, 2.24) is 14.8 Å². The molecule has 130 valence electrons. The van der Waals surface area contributed by atoms with Gasteiger partial charge in [-0.2, -0.15) is 0 Å². The van der Waals surface area contributed by atoms with Crippen molar-refractivity contribution in [2.45, 2.75) is 19.4 Å². The van der Waals surface area contributed by atoms with Crippen LogP contribution in [0.3, 0.4) is 0 Å². The summed E-state index contributed by atoms with van der Waals surface area (Å²) >= 11 is 0. The van der Waals surface area contributed by atoms with Crippen molar-refractivity contribution in [3.05, 3.63) is 30.1 Å². The van der Waals surface area contributed by atoms with Gasteiger partial charge in [-0.15, -0.1) is 0 Å². The molecule has 0 amide bonds. The molecule has 1 aromatic rings. The molecule has 0 saturated carbocycles. The SMILES string of the molecule is C[C@H](CN(C)C[C@@H]1CCN(C)[C@H]1c1cccnc1)CS(C)(=O)=O. The Morgan fingerprint density at radius 2 is 2.22 bits per heavy atom. The van der Waals surface area contributed by atoms with Crippen LogP contribution < -0.4 is 0 Å². The molecule has 0 unspecified atom stereocenters. The summed E-state index contributed by atoms with van der Waals surface area (Å²) in [7, 11) is 1.36. The highest BCUT2D eigenvalue weighted by molar-refractivity contribution is 7.90. The topological polar surface area (TPSA) is 53.5 Å². The van der Waals surface area contributed by atoms with Crippen molar-refractivity contribution in [3.8, 4) is 0 Å². The molecule has 0 aromatic carbocycles. The molecule has 0 aliphatic carbocycles. The van der Waals surface area contributed by atoms with Crippen LogP contribution in [0, 0.1) is 11.8 Å². The van der Waals surface area contributed by atoms with Gasteiger partial charge in [-0.3, -0.25) is 9.88 Å². The highest BCUT2D eigenvalue weighted by Gasteiger charge is 2.33. The molecule has 3 atom stereocenters. The van der Waals surface area contributed by atoms with E-state index in [-0.39, 0.29) is 11.7 Å². The molecule has 1 aromatic heterocycles. The van der Waals surface area contributed by atoms with Crippen LogP contribution in [0.2, 0.25) is 0 Å². The maximum absolute atomic E-state index is 11.4. The highest BCUT2D eigenvalue weighted by atomic mass is 32.2. The number of hydrogen-bond acceptors (Lipinski definition) is 5. The van der Waals surface area contributed by atoms with E-state index in [9.17, 15) is 8.42 Å². The van der Waals surface area contributed by atoms with E-state index in [2.05, 4.69) is 34.9 Å². The Morgan fingerprint density at radius 1 is 1.48 bits per heavy atom. The average molecular weight is 340 g/mol. The third kappa shape index (κ3) is 5.55. The number of rotatable bonds is 7. The Morgan fingerprint density at radius 3 is 2.83 bits per heavy atom. The summed E-state index contributed by atoms with van der Waals surface area (Å²) in [4.78, 5) is 8.94. The molecule has 0 bridgehead atoms. The van der Waals surface area contributed by atoms with Gasteiger partial charge < -0.3 is 4.90 Å². The quantitative estimate of drug-likeness (QED) is 0.757. The molecule has 0 radical (unpaired) electrons. The second-order valence-corrected chi connectivity index (χ2v) is 9.36. The van der Waals surface area contributed by atoms with Crippen LogP contribution in [0.15, 0.2) is 24.5 Å². The Hall–Kier alpha value is -0.980. The van der Waals surface area contributed by atoms with E-state index in [0.29, 0.717) is 12.0 Å². The number of nitrogens with zero attached hydrogens (tertiary/aromatic N) is 3. The van der Waals surface area contributed by atoms with Gasteiger partial charge in [0.05, 0.1) is 5.75 Å². The summed E-state index contributed by atoms with van der Waals surface area (Å²) in [6.07, 6.45) is 6.26. The molecule has 0 spiro atoms. The largest absolute Gasteiger partial charge is 0.306 e. The van der Waals surface area contributed by atoms with Crippen LogP contribution in [0.25, 0.3) is 0 Å². The lowest BCUT2D eigenvalue weighted by Gasteiger charge is -2.29. The van der Waals surface area contributed by atoms with E-state index in [1.807, 2.05) is 25.4 Å². The fraction of sp³-hybridized carbons (Fsp3) is 0.706. The summed E-state index contributed by atoms with van der Waals surface area (Å²) in [5, 5.41) is 0. The van der Waals surface area contributed by atoms with Gasteiger partial charge in [-0.05, 0) is 50.5 Å². The van der Waals surface area contributed by atoms with Crippen molar-refractivity contribution < 1.29 is 8.42 Å². The Balaban J connectivity index is 1.95. The Bertz CT molecular complexity index is 591. The number of sulfone groups is 1. The predicted molar refractivity (Wildman–Crippen MR) is 94.1 cm³/mol. The predicted octanol–water partition coefficient (Wildman–Crippen LogP) is 1.69. The lowest BCUT2D eigenvalue weighted by Crippen LogP contribution is -2.34. The van der Waals surface area contributed by atoms with Crippen molar-refractivity contribution in [2.24, 2.45) is 11.8 Å². The van der Waals surface area contributed by atoms with Crippen LogP contribution in [-0.2, 0) is 9.84 Å². The lowest BCUT2D eigenvalue weighted by molar-refractivity contribution is 0.206. The van der Waals surface area contributed by atoms with Crippen LogP contribution >= 0.6 is 0 Å². The monoisotopic (exact) mass is 339 g/mol. The molecule has 1 aliphatic rings. The first kappa shape index (κ1) is 18.4. The number of likely N-dealkylation sites (tertiary alicyclic amines) is 1. The molecular weight excluding hydrogens is 310 g/mol. The zero-order valence-corrected chi connectivity index (χ0v) is 15.5. The zero-order valence-electron chi connectivity index (χ0n) is 14.6. The molecule has 5 nitrogen and oxygen atoms in total. The molecule has 1 aliphatic heterocycles. The van der Waals surface area contributed by atoms with Crippen LogP contribution in [-0.4, -0.2) is 68.9 Å². The smallest absolute Gasteiger partial charge is 0.147 e. The van der Waals surface area contributed by atoms with Crippen molar-refractivity contribution in [3.63, 3.8) is 0 Å². The molecule has 0 N–H and O–H groups in total. The summed E-state index contributed by atoms with van der Waals surface area (Å²) in [6, 6.07) is 4.55. The van der Waals surface area contributed by atoms with Gasteiger partial charge in [0.2, 0.25) is 0 Å². The average Bonchev–Trinajstić information content (AvgIpc) is 2.78. The highest BCUT2D eigenvalue weighted by Crippen LogP contribution is 2.36. The molecule has 6 heteroatoms. The van der Waals surface area contributed by atoms with Gasteiger partial charge in [0.25, 0.3) is 0 Å². The number of aromatic nitrogens is 1. The summed E-state index contributed by atoms with van der Waals surface area (Å²) in [6.45, 7) is 4.90. The second kappa shape index (κ2) is 7.73. The first-order valence-electron chi connectivity index (χ1n) is 8.22. The fourth-order valence-corrected chi connectivity index (χ4v) is 5.01. The first-order valence-corrected chi connectivity index (χ1v) is 10.3. The molecule has 2 heterocycles. The van der Waals surface area contributed by atoms with Crippen LogP contribution in [0.1, 0.15) is 24.9 Å². The summed E-state index contributed by atoms with van der Waals surface area (Å²) in [5.74, 6) is 0.971.